The predicted octanol–water partition coefficient (Wildman–Crippen LogP) is 5.08. The monoisotopic (exact) mass is 391 g/mol. The molecule has 0 spiro atoms. The summed E-state index contributed by atoms with van der Waals surface area (Å²) in [5.41, 5.74) is 9.45. The lowest BCUT2D eigenvalue weighted by atomic mass is 9.98. The van der Waals surface area contributed by atoms with Crippen molar-refractivity contribution in [2.24, 2.45) is 5.73 Å². The van der Waals surface area contributed by atoms with Crippen LogP contribution in [0, 0.1) is 19.7 Å². The molecule has 0 aliphatic rings. The van der Waals surface area contributed by atoms with Crippen LogP contribution in [0.2, 0.25) is 0 Å². The highest BCUT2D eigenvalue weighted by molar-refractivity contribution is 9.12. The number of hydrogen-bond donors (Lipinski definition) is 1. The Balaban J connectivity index is 2.46. The molecule has 0 saturated carbocycles. The molecule has 0 bridgehead atoms. The van der Waals surface area contributed by atoms with Crippen molar-refractivity contribution in [3.8, 4) is 0 Å². The van der Waals surface area contributed by atoms with Gasteiger partial charge in [0.1, 0.15) is 5.82 Å². The van der Waals surface area contributed by atoms with E-state index in [1.165, 1.54) is 0 Å². The second kappa shape index (κ2) is 5.41. The summed E-state index contributed by atoms with van der Waals surface area (Å²) in [6, 6.07) is 5.36. The number of rotatable bonds is 2. The van der Waals surface area contributed by atoms with Crippen molar-refractivity contribution in [3.05, 3.63) is 53.8 Å². The maximum absolute atomic E-state index is 13.6. The van der Waals surface area contributed by atoms with Crippen LogP contribution in [0.5, 0.6) is 0 Å². The smallest absolute Gasteiger partial charge is 0.129 e. The van der Waals surface area contributed by atoms with E-state index in [9.17, 15) is 4.39 Å². The van der Waals surface area contributed by atoms with Crippen molar-refractivity contribution in [2.45, 2.75) is 19.9 Å². The first-order chi connectivity index (χ1) is 8.40. The SMILES string of the molecule is Cc1cc(C(N)c2cc(Br)sc2Br)cc(C)c1F. The average molecular weight is 393 g/mol. The van der Waals surface area contributed by atoms with Gasteiger partial charge >= 0.3 is 0 Å². The molecule has 0 aliphatic carbocycles. The molecule has 0 radical (unpaired) electrons. The summed E-state index contributed by atoms with van der Waals surface area (Å²) in [7, 11) is 0. The van der Waals surface area contributed by atoms with Gasteiger partial charge in [0.25, 0.3) is 0 Å². The van der Waals surface area contributed by atoms with Gasteiger partial charge in [-0.2, -0.15) is 0 Å². The van der Waals surface area contributed by atoms with Crippen LogP contribution in [0.15, 0.2) is 25.8 Å². The summed E-state index contributed by atoms with van der Waals surface area (Å²) in [5, 5.41) is 0. The molecule has 1 atom stereocenters. The fraction of sp³-hybridized carbons (Fsp3) is 0.231. The van der Waals surface area contributed by atoms with E-state index in [4.69, 9.17) is 5.73 Å². The zero-order valence-corrected chi connectivity index (χ0v) is 13.9. The maximum Gasteiger partial charge on any atom is 0.129 e. The molecule has 1 aromatic carbocycles. The third-order valence-corrected chi connectivity index (χ3v) is 5.22. The summed E-state index contributed by atoms with van der Waals surface area (Å²) in [6.45, 7) is 3.52. The first-order valence-corrected chi connectivity index (χ1v) is 7.77. The summed E-state index contributed by atoms with van der Waals surface area (Å²) in [5.74, 6) is -0.156. The molecule has 0 fully saturated rings. The Morgan fingerprint density at radius 3 is 2.17 bits per heavy atom. The lowest BCUT2D eigenvalue weighted by Crippen LogP contribution is -2.12. The molecular weight excluding hydrogens is 381 g/mol. The van der Waals surface area contributed by atoms with Gasteiger partial charge in [0.05, 0.1) is 13.6 Å². The number of benzene rings is 1. The van der Waals surface area contributed by atoms with Crippen LogP contribution in [0.3, 0.4) is 0 Å². The third-order valence-electron chi connectivity index (χ3n) is 2.84. The quantitative estimate of drug-likeness (QED) is 0.757. The van der Waals surface area contributed by atoms with Crippen molar-refractivity contribution in [1.29, 1.82) is 0 Å². The van der Waals surface area contributed by atoms with Gasteiger partial charge in [-0.3, -0.25) is 0 Å². The molecule has 1 unspecified atom stereocenters. The number of aryl methyl sites for hydroxylation is 2. The van der Waals surface area contributed by atoms with Gasteiger partial charge < -0.3 is 5.73 Å². The van der Waals surface area contributed by atoms with E-state index in [-0.39, 0.29) is 11.9 Å². The van der Waals surface area contributed by atoms with Crippen molar-refractivity contribution in [1.82, 2.24) is 0 Å². The van der Waals surface area contributed by atoms with Crippen LogP contribution in [0.25, 0.3) is 0 Å². The zero-order chi connectivity index (χ0) is 13.4. The topological polar surface area (TPSA) is 26.0 Å². The maximum atomic E-state index is 13.6. The Bertz CT molecular complexity index is 572. The summed E-state index contributed by atoms with van der Waals surface area (Å²) in [4.78, 5) is 0. The molecule has 5 heteroatoms. The molecule has 0 amide bonds. The van der Waals surface area contributed by atoms with Crippen LogP contribution in [0.1, 0.15) is 28.3 Å². The Kier molecular flexibility index (Phi) is 4.26. The summed E-state index contributed by atoms with van der Waals surface area (Å²) in [6.07, 6.45) is 0. The van der Waals surface area contributed by atoms with Gasteiger partial charge in [0.15, 0.2) is 0 Å². The van der Waals surface area contributed by atoms with Gasteiger partial charge in [-0.1, -0.05) is 12.1 Å². The molecular formula is C13H12Br2FNS. The van der Waals surface area contributed by atoms with Crippen molar-refractivity contribution in [2.75, 3.05) is 0 Å². The Labute approximate surface area is 126 Å². The minimum absolute atomic E-state index is 0.156. The van der Waals surface area contributed by atoms with E-state index >= 15 is 0 Å². The van der Waals surface area contributed by atoms with Gasteiger partial charge in [-0.25, -0.2) is 4.39 Å². The highest BCUT2D eigenvalue weighted by atomic mass is 79.9. The predicted molar refractivity (Wildman–Crippen MR) is 81.6 cm³/mol. The fourth-order valence-corrected chi connectivity index (χ4v) is 4.83. The molecule has 0 aliphatic heterocycles. The minimum Gasteiger partial charge on any atom is -0.320 e. The van der Waals surface area contributed by atoms with Gasteiger partial charge in [-0.05, 0) is 74.0 Å². The zero-order valence-electron chi connectivity index (χ0n) is 9.93. The molecule has 18 heavy (non-hydrogen) atoms. The lowest BCUT2D eigenvalue weighted by molar-refractivity contribution is 0.607. The van der Waals surface area contributed by atoms with E-state index in [2.05, 4.69) is 31.9 Å². The van der Waals surface area contributed by atoms with Crippen LogP contribution in [-0.4, -0.2) is 0 Å². The standard InChI is InChI=1S/C13H12Br2FNS/c1-6-3-8(4-7(2)11(6)16)12(17)9-5-10(14)18-13(9)15/h3-5,12H,17H2,1-2H3. The molecule has 1 heterocycles. The minimum atomic E-state index is -0.250. The Morgan fingerprint density at radius 2 is 1.72 bits per heavy atom. The van der Waals surface area contributed by atoms with Crippen molar-refractivity contribution >= 4 is 43.2 Å². The molecule has 96 valence electrons. The van der Waals surface area contributed by atoms with Crippen LogP contribution >= 0.6 is 43.2 Å². The molecule has 0 saturated heterocycles. The molecule has 2 rings (SSSR count). The fourth-order valence-electron chi connectivity index (χ4n) is 1.90. The first-order valence-electron chi connectivity index (χ1n) is 5.37. The van der Waals surface area contributed by atoms with Crippen LogP contribution < -0.4 is 5.73 Å². The molecule has 2 N–H and O–H groups in total. The van der Waals surface area contributed by atoms with Gasteiger partial charge in [0.2, 0.25) is 0 Å². The number of hydrogen-bond acceptors (Lipinski definition) is 2. The largest absolute Gasteiger partial charge is 0.320 e. The highest BCUT2D eigenvalue weighted by Gasteiger charge is 2.17. The number of nitrogens with two attached hydrogens (primary N) is 1. The normalized spacial score (nSPS) is 12.8. The van der Waals surface area contributed by atoms with E-state index in [0.717, 1.165) is 18.7 Å². The third kappa shape index (κ3) is 2.69. The highest BCUT2D eigenvalue weighted by Crippen LogP contribution is 2.37. The van der Waals surface area contributed by atoms with Gasteiger partial charge in [0, 0.05) is 0 Å². The van der Waals surface area contributed by atoms with Crippen LogP contribution in [-0.2, 0) is 0 Å². The summed E-state index contributed by atoms with van der Waals surface area (Å²) >= 11 is 8.52. The van der Waals surface area contributed by atoms with E-state index in [0.29, 0.717) is 11.1 Å². The van der Waals surface area contributed by atoms with E-state index in [1.54, 1.807) is 25.2 Å². The van der Waals surface area contributed by atoms with E-state index < -0.39 is 0 Å². The van der Waals surface area contributed by atoms with Crippen molar-refractivity contribution in [3.63, 3.8) is 0 Å². The number of thiophene rings is 1. The van der Waals surface area contributed by atoms with E-state index in [1.807, 2.05) is 18.2 Å². The summed E-state index contributed by atoms with van der Waals surface area (Å²) < 4.78 is 15.6. The molecule has 2 aromatic rings. The second-order valence-electron chi connectivity index (χ2n) is 4.23. The average Bonchev–Trinajstić information content (AvgIpc) is 2.63. The molecule has 1 nitrogen and oxygen atoms in total. The second-order valence-corrected chi connectivity index (χ2v) is 7.98. The number of halogens is 3. The Hall–Kier alpha value is -0.230. The lowest BCUT2D eigenvalue weighted by Gasteiger charge is -2.14. The van der Waals surface area contributed by atoms with Crippen LogP contribution in [0.4, 0.5) is 4.39 Å². The molecule has 1 aromatic heterocycles. The first kappa shape index (κ1) is 14.2. The Morgan fingerprint density at radius 1 is 1.17 bits per heavy atom. The van der Waals surface area contributed by atoms with Gasteiger partial charge in [-0.15, -0.1) is 11.3 Å². The van der Waals surface area contributed by atoms with Crippen molar-refractivity contribution < 1.29 is 4.39 Å².